The van der Waals surface area contributed by atoms with Gasteiger partial charge in [0.1, 0.15) is 0 Å². The number of rotatable bonds is 3. The van der Waals surface area contributed by atoms with Crippen molar-refractivity contribution in [2.45, 2.75) is 0 Å². The van der Waals surface area contributed by atoms with Crippen LogP contribution in [-0.4, -0.2) is 37.9 Å². The van der Waals surface area contributed by atoms with Gasteiger partial charge in [-0.2, -0.15) is 0 Å². The van der Waals surface area contributed by atoms with Gasteiger partial charge in [0, 0.05) is 29.9 Å². The van der Waals surface area contributed by atoms with E-state index in [4.69, 9.17) is 10.5 Å². The number of nitrogens with zero attached hydrogens (tertiary/aromatic N) is 1. The summed E-state index contributed by atoms with van der Waals surface area (Å²) in [7, 11) is 0. The van der Waals surface area contributed by atoms with Crippen LogP contribution in [0.15, 0.2) is 60.7 Å². The molecule has 6 heteroatoms. The molecule has 3 aromatic carbocycles. The minimum atomic E-state index is -0.219. The lowest BCUT2D eigenvalue weighted by atomic mass is 9.81. The smallest absolute Gasteiger partial charge is 0.196 e. The quantitative estimate of drug-likeness (QED) is 0.512. The third-order valence-electron chi connectivity index (χ3n) is 5.62. The Kier molecular flexibility index (Phi) is 4.48. The van der Waals surface area contributed by atoms with Crippen molar-refractivity contribution in [2.75, 3.05) is 42.3 Å². The summed E-state index contributed by atoms with van der Waals surface area (Å²) in [5, 5.41) is 3.33. The van der Waals surface area contributed by atoms with Crippen molar-refractivity contribution in [2.24, 2.45) is 0 Å². The number of hydrogen-bond acceptors (Lipinski definition) is 6. The second-order valence-electron chi connectivity index (χ2n) is 7.40. The van der Waals surface area contributed by atoms with Gasteiger partial charge >= 0.3 is 0 Å². The fourth-order valence-corrected chi connectivity index (χ4v) is 4.15. The average Bonchev–Trinajstić information content (AvgIpc) is 2.79. The van der Waals surface area contributed by atoms with E-state index in [9.17, 15) is 9.59 Å². The third-order valence-corrected chi connectivity index (χ3v) is 5.62. The van der Waals surface area contributed by atoms with Gasteiger partial charge in [0.15, 0.2) is 11.6 Å². The van der Waals surface area contributed by atoms with Crippen molar-refractivity contribution < 1.29 is 14.3 Å². The Labute approximate surface area is 174 Å². The van der Waals surface area contributed by atoms with Crippen LogP contribution in [-0.2, 0) is 4.74 Å². The maximum absolute atomic E-state index is 13.4. The maximum Gasteiger partial charge on any atom is 0.196 e. The highest BCUT2D eigenvalue weighted by molar-refractivity contribution is 6.32. The highest BCUT2D eigenvalue weighted by Crippen LogP contribution is 2.42. The molecule has 3 aromatic rings. The molecule has 1 fully saturated rings. The summed E-state index contributed by atoms with van der Waals surface area (Å²) in [5.41, 5.74) is 10.4. The number of carbonyl (C=O) groups is 2. The number of carbonyl (C=O) groups excluding carboxylic acids is 2. The van der Waals surface area contributed by atoms with Crippen LogP contribution in [0.25, 0.3) is 0 Å². The van der Waals surface area contributed by atoms with Crippen LogP contribution in [0.2, 0.25) is 0 Å². The Hall–Kier alpha value is -3.64. The van der Waals surface area contributed by atoms with E-state index in [1.54, 1.807) is 24.3 Å². The standard InChI is InChI=1S/C24H21N3O3/c25-22-19(27-10-12-30-13-11-27)14-18(26-15-6-2-1-3-7-15)20-21(22)24(29)17-9-5-4-8-16(17)23(20)28/h1-9,14,26H,10-13,25H2. The fourth-order valence-electron chi connectivity index (χ4n) is 4.15. The zero-order chi connectivity index (χ0) is 20.7. The summed E-state index contributed by atoms with van der Waals surface area (Å²) >= 11 is 0. The van der Waals surface area contributed by atoms with E-state index in [1.807, 2.05) is 36.4 Å². The zero-order valence-electron chi connectivity index (χ0n) is 16.4. The summed E-state index contributed by atoms with van der Waals surface area (Å²) in [5.74, 6) is -0.414. The van der Waals surface area contributed by atoms with Crippen LogP contribution in [0, 0.1) is 0 Å². The van der Waals surface area contributed by atoms with Crippen molar-refractivity contribution in [1.29, 1.82) is 0 Å². The highest BCUT2D eigenvalue weighted by Gasteiger charge is 2.35. The van der Waals surface area contributed by atoms with Gasteiger partial charge in [0.05, 0.1) is 41.4 Å². The highest BCUT2D eigenvalue weighted by atomic mass is 16.5. The van der Waals surface area contributed by atoms with Gasteiger partial charge in [-0.05, 0) is 18.2 Å². The van der Waals surface area contributed by atoms with Gasteiger partial charge in [-0.1, -0.05) is 42.5 Å². The normalized spacial score (nSPS) is 15.5. The van der Waals surface area contributed by atoms with E-state index in [2.05, 4.69) is 10.2 Å². The number of nitrogen functional groups attached to an aromatic ring is 1. The molecule has 1 aliphatic carbocycles. The predicted octanol–water partition coefficient (Wildman–Crippen LogP) is 3.62. The molecular weight excluding hydrogens is 378 g/mol. The number of morpholine rings is 1. The van der Waals surface area contributed by atoms with E-state index in [0.29, 0.717) is 54.4 Å². The first-order chi connectivity index (χ1) is 14.6. The molecule has 6 nitrogen and oxygen atoms in total. The number of ether oxygens (including phenoxy) is 1. The molecule has 1 aliphatic heterocycles. The summed E-state index contributed by atoms with van der Waals surface area (Å²) in [4.78, 5) is 28.9. The Bertz CT molecular complexity index is 1150. The molecule has 0 bridgehead atoms. The molecule has 0 amide bonds. The van der Waals surface area contributed by atoms with E-state index in [0.717, 1.165) is 11.4 Å². The first-order valence-electron chi connectivity index (χ1n) is 9.95. The lowest BCUT2D eigenvalue weighted by molar-refractivity contribution is 0.0980. The number of anilines is 4. The van der Waals surface area contributed by atoms with E-state index < -0.39 is 0 Å². The lowest BCUT2D eigenvalue weighted by Crippen LogP contribution is -2.37. The summed E-state index contributed by atoms with van der Waals surface area (Å²) < 4.78 is 5.47. The van der Waals surface area contributed by atoms with Gasteiger partial charge in [-0.3, -0.25) is 9.59 Å². The third kappa shape index (κ3) is 2.93. The topological polar surface area (TPSA) is 84.7 Å². The molecular formula is C24H21N3O3. The molecule has 1 saturated heterocycles. The first kappa shape index (κ1) is 18.4. The summed E-state index contributed by atoms with van der Waals surface area (Å²) in [6.07, 6.45) is 0. The minimum Gasteiger partial charge on any atom is -0.396 e. The largest absolute Gasteiger partial charge is 0.396 e. The second kappa shape index (κ2) is 7.31. The van der Waals surface area contributed by atoms with Crippen molar-refractivity contribution >= 4 is 34.3 Å². The van der Waals surface area contributed by atoms with Crippen LogP contribution < -0.4 is 16.0 Å². The van der Waals surface area contributed by atoms with Gasteiger partial charge < -0.3 is 20.7 Å². The molecule has 150 valence electrons. The molecule has 0 atom stereocenters. The Morgan fingerprint density at radius 3 is 2.10 bits per heavy atom. The van der Waals surface area contributed by atoms with E-state index in [-0.39, 0.29) is 17.1 Å². The number of para-hydroxylation sites is 1. The lowest BCUT2D eigenvalue weighted by Gasteiger charge is -2.32. The van der Waals surface area contributed by atoms with Crippen molar-refractivity contribution in [3.8, 4) is 0 Å². The molecule has 30 heavy (non-hydrogen) atoms. The average molecular weight is 399 g/mol. The second-order valence-corrected chi connectivity index (χ2v) is 7.40. The number of nitrogens with one attached hydrogen (secondary N) is 1. The maximum atomic E-state index is 13.4. The van der Waals surface area contributed by atoms with Gasteiger partial charge in [-0.15, -0.1) is 0 Å². The summed E-state index contributed by atoms with van der Waals surface area (Å²) in [6.45, 7) is 2.53. The minimum absolute atomic E-state index is 0.196. The van der Waals surface area contributed by atoms with Gasteiger partial charge in [0.2, 0.25) is 0 Å². The number of nitrogens with two attached hydrogens (primary N) is 1. The van der Waals surface area contributed by atoms with Gasteiger partial charge in [0.25, 0.3) is 0 Å². The van der Waals surface area contributed by atoms with Crippen LogP contribution in [0.4, 0.5) is 22.7 Å². The Balaban J connectivity index is 1.73. The molecule has 2 aliphatic rings. The first-order valence-corrected chi connectivity index (χ1v) is 9.95. The van der Waals surface area contributed by atoms with Crippen molar-refractivity contribution in [3.05, 3.63) is 82.9 Å². The SMILES string of the molecule is Nc1c(N2CCOCC2)cc(Nc2ccccc2)c2c1C(=O)c1ccccc1C2=O. The number of ketones is 2. The fraction of sp³-hybridized carbons (Fsp3) is 0.167. The predicted molar refractivity (Wildman–Crippen MR) is 117 cm³/mol. The van der Waals surface area contributed by atoms with Gasteiger partial charge in [-0.25, -0.2) is 0 Å². The molecule has 3 N–H and O–H groups in total. The van der Waals surface area contributed by atoms with E-state index >= 15 is 0 Å². The van der Waals surface area contributed by atoms with Crippen LogP contribution >= 0.6 is 0 Å². The number of hydrogen-bond donors (Lipinski definition) is 2. The van der Waals surface area contributed by atoms with E-state index in [1.165, 1.54) is 0 Å². The van der Waals surface area contributed by atoms with Crippen molar-refractivity contribution in [1.82, 2.24) is 0 Å². The monoisotopic (exact) mass is 399 g/mol. The zero-order valence-corrected chi connectivity index (χ0v) is 16.4. The molecule has 0 spiro atoms. The Morgan fingerprint density at radius 2 is 1.43 bits per heavy atom. The molecule has 1 heterocycles. The molecule has 5 rings (SSSR count). The number of benzene rings is 3. The molecule has 0 unspecified atom stereocenters. The molecule has 0 aromatic heterocycles. The van der Waals surface area contributed by atoms with Crippen LogP contribution in [0.5, 0.6) is 0 Å². The van der Waals surface area contributed by atoms with Crippen molar-refractivity contribution in [3.63, 3.8) is 0 Å². The molecule has 0 radical (unpaired) electrons. The summed E-state index contributed by atoms with van der Waals surface area (Å²) in [6, 6.07) is 18.4. The van der Waals surface area contributed by atoms with Crippen LogP contribution in [0.3, 0.4) is 0 Å². The van der Waals surface area contributed by atoms with Crippen LogP contribution in [0.1, 0.15) is 31.8 Å². The Morgan fingerprint density at radius 1 is 0.833 bits per heavy atom. The molecule has 0 saturated carbocycles. The number of fused-ring (bicyclic) bond motifs is 2.